The Bertz CT molecular complexity index is 299. The SMILES string of the molecule is CN(C)CC1CC(O)CN1CCC(=O)N(C)CCCN. The van der Waals surface area contributed by atoms with Gasteiger partial charge in [-0.15, -0.1) is 0 Å². The van der Waals surface area contributed by atoms with Gasteiger partial charge in [-0.3, -0.25) is 9.69 Å². The lowest BCUT2D eigenvalue weighted by molar-refractivity contribution is -0.130. The first kappa shape index (κ1) is 17.4. The predicted molar refractivity (Wildman–Crippen MR) is 80.5 cm³/mol. The highest BCUT2D eigenvalue weighted by Crippen LogP contribution is 2.18. The molecule has 1 rings (SSSR count). The molecular formula is C14H30N4O2. The standard InChI is InChI=1S/C14H30N4O2/c1-16(2)10-12-9-13(19)11-18(12)8-5-14(20)17(3)7-4-6-15/h12-13,19H,4-11,15H2,1-3H3. The zero-order valence-corrected chi connectivity index (χ0v) is 13.1. The van der Waals surface area contributed by atoms with Gasteiger partial charge in [-0.25, -0.2) is 0 Å². The molecule has 1 fully saturated rings. The Labute approximate surface area is 122 Å². The lowest BCUT2D eigenvalue weighted by Crippen LogP contribution is -2.40. The minimum Gasteiger partial charge on any atom is -0.392 e. The van der Waals surface area contributed by atoms with E-state index in [1.54, 1.807) is 4.90 Å². The van der Waals surface area contributed by atoms with Crippen molar-refractivity contribution in [3.8, 4) is 0 Å². The molecule has 3 N–H and O–H groups in total. The van der Waals surface area contributed by atoms with Gasteiger partial charge in [-0.1, -0.05) is 0 Å². The van der Waals surface area contributed by atoms with Crippen LogP contribution in [0.25, 0.3) is 0 Å². The Morgan fingerprint density at radius 3 is 2.70 bits per heavy atom. The largest absolute Gasteiger partial charge is 0.392 e. The van der Waals surface area contributed by atoms with E-state index in [9.17, 15) is 9.90 Å². The number of likely N-dealkylation sites (tertiary alicyclic amines) is 1. The molecule has 118 valence electrons. The van der Waals surface area contributed by atoms with Crippen molar-refractivity contribution in [3.05, 3.63) is 0 Å². The molecule has 0 radical (unpaired) electrons. The van der Waals surface area contributed by atoms with E-state index >= 15 is 0 Å². The second-order valence-electron chi connectivity index (χ2n) is 6.01. The van der Waals surface area contributed by atoms with Crippen LogP contribution in [0, 0.1) is 0 Å². The number of likely N-dealkylation sites (N-methyl/N-ethyl adjacent to an activating group) is 1. The lowest BCUT2D eigenvalue weighted by atomic mass is 10.2. The summed E-state index contributed by atoms with van der Waals surface area (Å²) in [4.78, 5) is 18.1. The van der Waals surface area contributed by atoms with Crippen LogP contribution in [0.4, 0.5) is 0 Å². The molecule has 1 heterocycles. The molecule has 0 spiro atoms. The maximum Gasteiger partial charge on any atom is 0.223 e. The van der Waals surface area contributed by atoms with Gasteiger partial charge < -0.3 is 20.6 Å². The highest BCUT2D eigenvalue weighted by atomic mass is 16.3. The quantitative estimate of drug-likeness (QED) is 0.610. The van der Waals surface area contributed by atoms with Crippen LogP contribution in [0.3, 0.4) is 0 Å². The van der Waals surface area contributed by atoms with Crippen LogP contribution in [-0.2, 0) is 4.79 Å². The Balaban J connectivity index is 2.36. The molecule has 0 saturated carbocycles. The van der Waals surface area contributed by atoms with E-state index in [4.69, 9.17) is 5.73 Å². The molecule has 0 aromatic heterocycles. The van der Waals surface area contributed by atoms with Gasteiger partial charge >= 0.3 is 0 Å². The Kier molecular flexibility index (Phi) is 7.43. The first-order valence-corrected chi connectivity index (χ1v) is 7.45. The maximum absolute atomic E-state index is 12.0. The predicted octanol–water partition coefficient (Wildman–Crippen LogP) is -0.819. The summed E-state index contributed by atoms with van der Waals surface area (Å²) >= 11 is 0. The van der Waals surface area contributed by atoms with Gasteiger partial charge in [0.1, 0.15) is 0 Å². The number of hydrogen-bond acceptors (Lipinski definition) is 5. The first-order chi connectivity index (χ1) is 9.43. The molecule has 2 atom stereocenters. The summed E-state index contributed by atoms with van der Waals surface area (Å²) in [6, 6.07) is 0.349. The van der Waals surface area contributed by atoms with Gasteiger partial charge in [0.25, 0.3) is 0 Å². The van der Waals surface area contributed by atoms with Crippen molar-refractivity contribution < 1.29 is 9.90 Å². The number of aliphatic hydroxyl groups excluding tert-OH is 1. The Morgan fingerprint density at radius 1 is 1.40 bits per heavy atom. The van der Waals surface area contributed by atoms with Gasteiger partial charge in [-0.05, 0) is 33.5 Å². The van der Waals surface area contributed by atoms with E-state index in [2.05, 4.69) is 9.80 Å². The summed E-state index contributed by atoms with van der Waals surface area (Å²) in [6.45, 7) is 3.66. The fraction of sp³-hybridized carbons (Fsp3) is 0.929. The molecule has 6 heteroatoms. The van der Waals surface area contributed by atoms with Crippen molar-refractivity contribution in [2.45, 2.75) is 31.4 Å². The van der Waals surface area contributed by atoms with Gasteiger partial charge in [0.05, 0.1) is 6.10 Å². The van der Waals surface area contributed by atoms with Crippen LogP contribution in [-0.4, -0.2) is 91.7 Å². The molecule has 20 heavy (non-hydrogen) atoms. The highest BCUT2D eigenvalue weighted by Gasteiger charge is 2.31. The monoisotopic (exact) mass is 286 g/mol. The van der Waals surface area contributed by atoms with E-state index < -0.39 is 0 Å². The maximum atomic E-state index is 12.0. The smallest absolute Gasteiger partial charge is 0.223 e. The fourth-order valence-corrected chi connectivity index (χ4v) is 2.73. The average molecular weight is 286 g/mol. The molecule has 1 amide bonds. The minimum absolute atomic E-state index is 0.156. The number of hydrogen-bond donors (Lipinski definition) is 2. The molecular weight excluding hydrogens is 256 g/mol. The Hall–Kier alpha value is -0.690. The molecule has 1 aliphatic rings. The summed E-state index contributed by atoms with van der Waals surface area (Å²) in [5, 5.41) is 9.80. The summed E-state index contributed by atoms with van der Waals surface area (Å²) < 4.78 is 0. The zero-order valence-electron chi connectivity index (χ0n) is 13.1. The van der Waals surface area contributed by atoms with Gasteiger partial charge in [0, 0.05) is 45.7 Å². The lowest BCUT2D eigenvalue weighted by Gasteiger charge is -2.27. The van der Waals surface area contributed by atoms with Crippen molar-refractivity contribution in [2.24, 2.45) is 5.73 Å². The second-order valence-corrected chi connectivity index (χ2v) is 6.01. The third-order valence-electron chi connectivity index (χ3n) is 3.82. The molecule has 0 aromatic rings. The average Bonchev–Trinajstić information content (AvgIpc) is 2.72. The van der Waals surface area contributed by atoms with Crippen LogP contribution in [0.5, 0.6) is 0 Å². The number of carbonyl (C=O) groups excluding carboxylic acids is 1. The van der Waals surface area contributed by atoms with Crippen LogP contribution >= 0.6 is 0 Å². The molecule has 6 nitrogen and oxygen atoms in total. The number of carbonyl (C=O) groups is 1. The number of nitrogens with zero attached hydrogens (tertiary/aromatic N) is 3. The van der Waals surface area contributed by atoms with Crippen LogP contribution in [0.1, 0.15) is 19.3 Å². The van der Waals surface area contributed by atoms with Crippen molar-refractivity contribution in [3.63, 3.8) is 0 Å². The summed E-state index contributed by atoms with van der Waals surface area (Å²) in [5.74, 6) is 0.156. The minimum atomic E-state index is -0.259. The fourth-order valence-electron chi connectivity index (χ4n) is 2.73. The van der Waals surface area contributed by atoms with Gasteiger partial charge in [-0.2, -0.15) is 0 Å². The second kappa shape index (κ2) is 8.56. The summed E-state index contributed by atoms with van der Waals surface area (Å²) in [5.41, 5.74) is 5.45. The van der Waals surface area contributed by atoms with E-state index in [0.717, 1.165) is 32.5 Å². The first-order valence-electron chi connectivity index (χ1n) is 7.45. The summed E-state index contributed by atoms with van der Waals surface area (Å²) in [7, 11) is 5.90. The highest BCUT2D eigenvalue weighted by molar-refractivity contribution is 5.76. The van der Waals surface area contributed by atoms with E-state index in [1.165, 1.54) is 0 Å². The summed E-state index contributed by atoms with van der Waals surface area (Å²) in [6.07, 6.45) is 1.89. The van der Waals surface area contributed by atoms with E-state index in [-0.39, 0.29) is 12.0 Å². The number of aliphatic hydroxyl groups is 1. The number of β-amino-alcohol motifs (C(OH)–C–C–N with tert-alkyl or cyclic N) is 1. The van der Waals surface area contributed by atoms with Gasteiger partial charge in [0.2, 0.25) is 5.91 Å². The topological polar surface area (TPSA) is 73.0 Å². The molecule has 0 bridgehead atoms. The molecule has 1 aliphatic heterocycles. The van der Waals surface area contributed by atoms with Crippen molar-refractivity contribution in [1.82, 2.24) is 14.7 Å². The molecule has 0 aromatic carbocycles. The van der Waals surface area contributed by atoms with Crippen LogP contribution in [0.2, 0.25) is 0 Å². The number of rotatable bonds is 8. The molecule has 1 saturated heterocycles. The number of amides is 1. The van der Waals surface area contributed by atoms with E-state index in [0.29, 0.717) is 25.6 Å². The molecule has 2 unspecified atom stereocenters. The Morgan fingerprint density at radius 2 is 2.10 bits per heavy atom. The third kappa shape index (κ3) is 5.75. The normalized spacial score (nSPS) is 23.5. The van der Waals surface area contributed by atoms with Crippen LogP contribution in [0.15, 0.2) is 0 Å². The van der Waals surface area contributed by atoms with E-state index in [1.807, 2.05) is 21.1 Å². The third-order valence-corrected chi connectivity index (χ3v) is 3.82. The van der Waals surface area contributed by atoms with Crippen molar-refractivity contribution in [1.29, 1.82) is 0 Å². The zero-order chi connectivity index (χ0) is 15.1. The van der Waals surface area contributed by atoms with Crippen LogP contribution < -0.4 is 5.73 Å². The van der Waals surface area contributed by atoms with Crippen molar-refractivity contribution in [2.75, 3.05) is 53.9 Å². The van der Waals surface area contributed by atoms with Gasteiger partial charge in [0.15, 0.2) is 0 Å². The molecule has 0 aliphatic carbocycles. The van der Waals surface area contributed by atoms with Crippen molar-refractivity contribution >= 4 is 5.91 Å². The number of nitrogens with two attached hydrogens (primary N) is 1.